The van der Waals surface area contributed by atoms with Crippen LogP contribution < -0.4 is 4.74 Å². The van der Waals surface area contributed by atoms with E-state index in [1.54, 1.807) is 37.6 Å². The minimum absolute atomic E-state index is 0.103. The fourth-order valence-corrected chi connectivity index (χ4v) is 5.37. The van der Waals surface area contributed by atoms with Crippen LogP contribution in [0.25, 0.3) is 10.9 Å². The van der Waals surface area contributed by atoms with Crippen LogP contribution in [0.2, 0.25) is 0 Å². The lowest BCUT2D eigenvalue weighted by molar-refractivity contribution is -0.146. The number of piperidine rings is 1. The molecule has 1 aliphatic rings. The molecule has 1 aliphatic heterocycles. The number of carboxylic acids is 1. The standard InChI is InChI=1S/C29H33F3N2O3/c1-37-20-9-11-28-23(17-20)21(12-14-33-28)27(32)10-8-19-13-16-34(18-24(19)29(35)36)15-3-2-5-22-25(30)6-4-7-26(22)31/h4,6-7,9,11-12,14,17,19,24,27H,2-3,5,8,10,13,15-16,18H2,1H3,(H,35,36)/t19-,24+,27+/m1/s1. The smallest absolute Gasteiger partial charge is 0.308 e. The summed E-state index contributed by atoms with van der Waals surface area (Å²) in [5, 5.41) is 10.6. The first-order valence-corrected chi connectivity index (χ1v) is 12.8. The molecule has 8 heteroatoms. The van der Waals surface area contributed by atoms with E-state index >= 15 is 4.39 Å². The topological polar surface area (TPSA) is 62.7 Å². The van der Waals surface area contributed by atoms with E-state index in [0.29, 0.717) is 61.0 Å². The van der Waals surface area contributed by atoms with E-state index in [1.807, 2.05) is 0 Å². The Balaban J connectivity index is 1.30. The molecule has 0 radical (unpaired) electrons. The van der Waals surface area contributed by atoms with Crippen LogP contribution >= 0.6 is 0 Å². The molecule has 0 aliphatic carbocycles. The Kier molecular flexibility index (Phi) is 9.03. The zero-order valence-corrected chi connectivity index (χ0v) is 21.0. The Morgan fingerprint density at radius 1 is 1.19 bits per heavy atom. The Hall–Kier alpha value is -3.13. The number of alkyl halides is 1. The highest BCUT2D eigenvalue weighted by molar-refractivity contribution is 5.83. The second-order valence-corrected chi connectivity index (χ2v) is 9.78. The molecule has 2 heterocycles. The molecule has 4 rings (SSSR count). The van der Waals surface area contributed by atoms with Crippen molar-refractivity contribution in [3.8, 4) is 5.75 Å². The van der Waals surface area contributed by atoms with E-state index in [-0.39, 0.29) is 17.9 Å². The van der Waals surface area contributed by atoms with Gasteiger partial charge in [0.05, 0.1) is 18.5 Å². The Labute approximate surface area is 215 Å². The lowest BCUT2D eigenvalue weighted by Gasteiger charge is -2.37. The number of rotatable bonds is 11. The highest BCUT2D eigenvalue weighted by atomic mass is 19.1. The predicted molar refractivity (Wildman–Crippen MR) is 136 cm³/mol. The minimum atomic E-state index is -1.23. The number of halogens is 3. The van der Waals surface area contributed by atoms with Gasteiger partial charge in [-0.1, -0.05) is 6.07 Å². The number of hydrogen-bond acceptors (Lipinski definition) is 4. The van der Waals surface area contributed by atoms with Gasteiger partial charge in [-0.25, -0.2) is 13.2 Å². The number of likely N-dealkylation sites (tertiary alicyclic amines) is 1. The van der Waals surface area contributed by atoms with E-state index in [2.05, 4.69) is 9.88 Å². The molecule has 1 N–H and O–H groups in total. The van der Waals surface area contributed by atoms with Crippen molar-refractivity contribution in [2.24, 2.45) is 11.8 Å². The van der Waals surface area contributed by atoms with Crippen LogP contribution in [-0.2, 0) is 11.2 Å². The molecule has 3 atom stereocenters. The molecule has 198 valence electrons. The van der Waals surface area contributed by atoms with Gasteiger partial charge in [-0.15, -0.1) is 0 Å². The van der Waals surface area contributed by atoms with Gasteiger partial charge in [0.2, 0.25) is 0 Å². The quantitative estimate of drug-likeness (QED) is 0.302. The summed E-state index contributed by atoms with van der Waals surface area (Å²) in [6.07, 6.45) is 3.39. The van der Waals surface area contributed by atoms with Gasteiger partial charge in [-0.3, -0.25) is 9.78 Å². The summed E-state index contributed by atoms with van der Waals surface area (Å²) in [4.78, 5) is 18.4. The molecule has 1 fully saturated rings. The van der Waals surface area contributed by atoms with Crippen LogP contribution in [0.3, 0.4) is 0 Å². The molecule has 3 aromatic rings. The molecule has 37 heavy (non-hydrogen) atoms. The molecular weight excluding hydrogens is 481 g/mol. The first-order valence-electron chi connectivity index (χ1n) is 12.8. The summed E-state index contributed by atoms with van der Waals surface area (Å²) < 4.78 is 48.3. The number of benzene rings is 2. The van der Waals surface area contributed by atoms with E-state index in [9.17, 15) is 18.7 Å². The van der Waals surface area contributed by atoms with Gasteiger partial charge in [0.25, 0.3) is 0 Å². The van der Waals surface area contributed by atoms with Crippen LogP contribution in [0.1, 0.15) is 49.4 Å². The van der Waals surface area contributed by atoms with Crippen molar-refractivity contribution in [2.75, 3.05) is 26.7 Å². The number of aromatic nitrogens is 1. The first kappa shape index (κ1) is 26.9. The van der Waals surface area contributed by atoms with E-state index in [1.165, 1.54) is 18.2 Å². The molecule has 0 bridgehead atoms. The number of fused-ring (bicyclic) bond motifs is 1. The molecular formula is C29H33F3N2O3. The lowest BCUT2D eigenvalue weighted by atomic mass is 9.81. The van der Waals surface area contributed by atoms with Crippen molar-refractivity contribution >= 4 is 16.9 Å². The zero-order valence-electron chi connectivity index (χ0n) is 21.0. The minimum Gasteiger partial charge on any atom is -0.497 e. The summed E-state index contributed by atoms with van der Waals surface area (Å²) in [5.74, 6) is -1.97. The van der Waals surface area contributed by atoms with Crippen molar-refractivity contribution in [3.63, 3.8) is 0 Å². The second-order valence-electron chi connectivity index (χ2n) is 9.78. The normalized spacial score (nSPS) is 19.1. The van der Waals surface area contributed by atoms with Gasteiger partial charge in [0.1, 0.15) is 23.6 Å². The lowest BCUT2D eigenvalue weighted by Crippen LogP contribution is -2.44. The van der Waals surface area contributed by atoms with Gasteiger partial charge in [0, 0.05) is 23.7 Å². The predicted octanol–water partition coefficient (Wildman–Crippen LogP) is 6.36. The van der Waals surface area contributed by atoms with E-state index in [0.717, 1.165) is 13.0 Å². The third kappa shape index (κ3) is 6.60. The molecule has 0 amide bonds. The number of ether oxygens (including phenoxy) is 1. The van der Waals surface area contributed by atoms with Crippen LogP contribution in [0.5, 0.6) is 5.75 Å². The SMILES string of the molecule is COc1ccc2nccc([C@@H](F)CC[C@@H]3CCN(CCCCc4c(F)cccc4F)C[C@@H]3C(=O)O)c2c1. The maximum atomic E-state index is 15.4. The molecule has 1 aromatic heterocycles. The fraction of sp³-hybridized carbons (Fsp3) is 0.448. The summed E-state index contributed by atoms with van der Waals surface area (Å²) in [7, 11) is 1.56. The van der Waals surface area contributed by atoms with Gasteiger partial charge >= 0.3 is 5.97 Å². The number of methoxy groups -OCH3 is 1. The second kappa shape index (κ2) is 12.4. The monoisotopic (exact) mass is 514 g/mol. The van der Waals surface area contributed by atoms with Crippen molar-refractivity contribution in [1.29, 1.82) is 0 Å². The molecule has 0 spiro atoms. The highest BCUT2D eigenvalue weighted by Crippen LogP contribution is 2.35. The fourth-order valence-electron chi connectivity index (χ4n) is 5.37. The van der Waals surface area contributed by atoms with Crippen LogP contribution in [-0.4, -0.2) is 47.7 Å². The third-order valence-electron chi connectivity index (χ3n) is 7.48. The number of carbonyl (C=O) groups is 1. The zero-order chi connectivity index (χ0) is 26.4. The van der Waals surface area contributed by atoms with Gasteiger partial charge in [-0.05, 0) is 99.5 Å². The number of carboxylic acid groups (broad SMARTS) is 1. The van der Waals surface area contributed by atoms with Crippen LogP contribution in [0.4, 0.5) is 13.2 Å². The van der Waals surface area contributed by atoms with Gasteiger partial charge in [-0.2, -0.15) is 0 Å². The van der Waals surface area contributed by atoms with Crippen LogP contribution in [0.15, 0.2) is 48.7 Å². The molecule has 1 saturated heterocycles. The maximum absolute atomic E-state index is 15.4. The maximum Gasteiger partial charge on any atom is 0.308 e. The summed E-state index contributed by atoms with van der Waals surface area (Å²) in [6.45, 7) is 1.80. The molecule has 0 unspecified atom stereocenters. The highest BCUT2D eigenvalue weighted by Gasteiger charge is 2.34. The Morgan fingerprint density at radius 3 is 2.70 bits per heavy atom. The molecule has 0 saturated carbocycles. The number of unbranched alkanes of at least 4 members (excludes halogenated alkanes) is 1. The van der Waals surface area contributed by atoms with Crippen LogP contribution in [0, 0.1) is 23.5 Å². The van der Waals surface area contributed by atoms with E-state index in [4.69, 9.17) is 4.74 Å². The Bertz CT molecular complexity index is 1200. The van der Waals surface area contributed by atoms with Crippen molar-refractivity contribution in [1.82, 2.24) is 9.88 Å². The average Bonchev–Trinajstić information content (AvgIpc) is 2.90. The van der Waals surface area contributed by atoms with Gasteiger partial charge in [0.15, 0.2) is 0 Å². The number of hydrogen-bond donors (Lipinski definition) is 1. The number of pyridine rings is 1. The Morgan fingerprint density at radius 2 is 1.97 bits per heavy atom. The summed E-state index contributed by atoms with van der Waals surface area (Å²) in [5.41, 5.74) is 1.33. The molecule has 2 aromatic carbocycles. The third-order valence-corrected chi connectivity index (χ3v) is 7.48. The summed E-state index contributed by atoms with van der Waals surface area (Å²) >= 11 is 0. The average molecular weight is 515 g/mol. The first-order chi connectivity index (χ1) is 17.9. The largest absolute Gasteiger partial charge is 0.497 e. The van der Waals surface area contributed by atoms with Crippen molar-refractivity contribution < 1.29 is 27.8 Å². The van der Waals surface area contributed by atoms with Crippen molar-refractivity contribution in [2.45, 2.75) is 44.7 Å². The number of nitrogens with zero attached hydrogens (tertiary/aromatic N) is 2. The number of aliphatic carboxylic acids is 1. The van der Waals surface area contributed by atoms with E-state index < -0.39 is 29.7 Å². The summed E-state index contributed by atoms with van der Waals surface area (Å²) in [6, 6.07) is 10.9. The van der Waals surface area contributed by atoms with Gasteiger partial charge < -0.3 is 14.7 Å². The van der Waals surface area contributed by atoms with Crippen molar-refractivity contribution in [3.05, 3.63) is 71.4 Å². The molecule has 5 nitrogen and oxygen atoms in total.